The van der Waals surface area contributed by atoms with E-state index >= 15 is 0 Å². The standard InChI is InChI=1S/C43H57N3O10/c1-31(2)15-17-51-18-19-52-20-21-53-22-23-54-24-25-55-39-13-12-38(43-42(39)46-30-56-43)34-10-8-33(9-11-34)35(28-41(49)50)27-37(47)29-45-40(48)7-5-4-6-36-26-32(3)14-16-44-36/h8-14,16,26,30-31,35H,4-7,15,17-25,27-29H2,1-3H3,(H,45,48)(H,49,50)/t35-/m0/s1. The van der Waals surface area contributed by atoms with Crippen LogP contribution in [0.15, 0.2) is 65.5 Å². The molecule has 2 N–H and O–H groups in total. The van der Waals surface area contributed by atoms with Crippen LogP contribution in [-0.2, 0) is 39.8 Å². The molecule has 0 saturated carbocycles. The van der Waals surface area contributed by atoms with Crippen LogP contribution in [0.3, 0.4) is 0 Å². The van der Waals surface area contributed by atoms with Gasteiger partial charge in [0, 0.05) is 42.8 Å². The summed E-state index contributed by atoms with van der Waals surface area (Å²) in [4.78, 5) is 45.7. The van der Waals surface area contributed by atoms with Crippen LogP contribution in [0, 0.1) is 12.8 Å². The van der Waals surface area contributed by atoms with Crippen molar-refractivity contribution in [1.29, 1.82) is 0 Å². The summed E-state index contributed by atoms with van der Waals surface area (Å²) in [5.74, 6) is -0.793. The molecule has 2 heterocycles. The minimum atomic E-state index is -1.01. The molecule has 1 amide bonds. The second-order valence-electron chi connectivity index (χ2n) is 14.1. The van der Waals surface area contributed by atoms with Crippen molar-refractivity contribution in [3.05, 3.63) is 77.9 Å². The Labute approximate surface area is 329 Å². The van der Waals surface area contributed by atoms with Crippen molar-refractivity contribution in [3.8, 4) is 16.9 Å². The van der Waals surface area contributed by atoms with Crippen molar-refractivity contribution < 1.29 is 47.6 Å². The second kappa shape index (κ2) is 24.7. The fourth-order valence-electron chi connectivity index (χ4n) is 5.97. The van der Waals surface area contributed by atoms with Gasteiger partial charge in [-0.25, -0.2) is 4.98 Å². The average Bonchev–Trinajstić information content (AvgIpc) is 3.67. The molecule has 304 valence electrons. The highest BCUT2D eigenvalue weighted by Gasteiger charge is 2.21. The predicted molar refractivity (Wildman–Crippen MR) is 212 cm³/mol. The third-order valence-corrected chi connectivity index (χ3v) is 9.02. The minimum absolute atomic E-state index is 0.00983. The molecule has 0 spiro atoms. The molecule has 4 rings (SSSR count). The van der Waals surface area contributed by atoms with Crippen LogP contribution in [-0.4, -0.2) is 98.7 Å². The van der Waals surface area contributed by atoms with E-state index in [9.17, 15) is 19.5 Å². The molecule has 4 aromatic rings. The summed E-state index contributed by atoms with van der Waals surface area (Å²) in [5, 5.41) is 12.3. The van der Waals surface area contributed by atoms with Gasteiger partial charge in [0.05, 0.1) is 59.2 Å². The SMILES string of the molecule is Cc1ccnc(CCCCC(=O)NCC(=O)C[C@@H](CC(=O)O)c2ccc(-c3ccc(OCCOCCOCCOCCOCCC(C)C)c4ncoc34)cc2)c1. The number of aromatic nitrogens is 2. The van der Waals surface area contributed by atoms with E-state index in [1.54, 1.807) is 6.20 Å². The average molecular weight is 776 g/mol. The van der Waals surface area contributed by atoms with E-state index in [4.69, 9.17) is 28.1 Å². The van der Waals surface area contributed by atoms with Crippen LogP contribution in [0.2, 0.25) is 0 Å². The zero-order valence-electron chi connectivity index (χ0n) is 33.0. The molecule has 0 aliphatic heterocycles. The number of unbranched alkanes of at least 4 members (excludes halogenated alkanes) is 1. The third-order valence-electron chi connectivity index (χ3n) is 9.02. The number of carboxylic acid groups (broad SMARTS) is 1. The highest BCUT2D eigenvalue weighted by molar-refractivity contribution is 5.93. The summed E-state index contributed by atoms with van der Waals surface area (Å²) in [6, 6.07) is 15.1. The van der Waals surface area contributed by atoms with Crippen molar-refractivity contribution >= 4 is 28.8 Å². The number of carbonyl (C=O) groups excluding carboxylic acids is 2. The van der Waals surface area contributed by atoms with E-state index in [1.807, 2.05) is 55.5 Å². The first-order valence-electron chi connectivity index (χ1n) is 19.5. The van der Waals surface area contributed by atoms with Crippen LogP contribution < -0.4 is 10.1 Å². The van der Waals surface area contributed by atoms with Crippen molar-refractivity contribution in [2.75, 3.05) is 66.0 Å². The van der Waals surface area contributed by atoms with Crippen molar-refractivity contribution in [2.45, 2.75) is 71.6 Å². The fourth-order valence-corrected chi connectivity index (χ4v) is 5.97. The molecule has 13 nitrogen and oxygen atoms in total. The fraction of sp³-hybridized carbons (Fsp3) is 0.512. The topological polar surface area (TPSA) is 169 Å². The number of benzene rings is 2. The Morgan fingerprint density at radius 3 is 2.14 bits per heavy atom. The van der Waals surface area contributed by atoms with Crippen molar-refractivity contribution in [2.24, 2.45) is 5.92 Å². The maximum absolute atomic E-state index is 12.9. The van der Waals surface area contributed by atoms with Gasteiger partial charge in [0.2, 0.25) is 5.91 Å². The number of rotatable bonds is 29. The molecule has 13 heteroatoms. The molecule has 1 atom stereocenters. The number of ether oxygens (including phenoxy) is 5. The lowest BCUT2D eigenvalue weighted by Gasteiger charge is -2.16. The van der Waals surface area contributed by atoms with Gasteiger partial charge in [-0.1, -0.05) is 38.1 Å². The highest BCUT2D eigenvalue weighted by Crippen LogP contribution is 2.35. The zero-order chi connectivity index (χ0) is 40.0. The maximum Gasteiger partial charge on any atom is 0.303 e. The molecular weight excluding hydrogens is 718 g/mol. The Balaban J connectivity index is 1.17. The van der Waals surface area contributed by atoms with Crippen LogP contribution in [0.4, 0.5) is 0 Å². The molecule has 0 saturated heterocycles. The zero-order valence-corrected chi connectivity index (χ0v) is 33.0. The summed E-state index contributed by atoms with van der Waals surface area (Å²) in [5.41, 5.74) is 5.60. The number of carbonyl (C=O) groups is 3. The van der Waals surface area contributed by atoms with Crippen LogP contribution >= 0.6 is 0 Å². The lowest BCUT2D eigenvalue weighted by Crippen LogP contribution is -2.30. The van der Waals surface area contributed by atoms with Crippen molar-refractivity contribution in [1.82, 2.24) is 15.3 Å². The molecule has 56 heavy (non-hydrogen) atoms. The summed E-state index contributed by atoms with van der Waals surface area (Å²) >= 11 is 0. The lowest BCUT2D eigenvalue weighted by atomic mass is 9.89. The number of aliphatic carboxylic acids is 1. The van der Waals surface area contributed by atoms with Crippen LogP contribution in [0.25, 0.3) is 22.2 Å². The number of hydrogen-bond acceptors (Lipinski definition) is 11. The summed E-state index contributed by atoms with van der Waals surface area (Å²) in [6.45, 7) is 10.7. The summed E-state index contributed by atoms with van der Waals surface area (Å²) in [6.07, 6.45) is 6.56. The first-order chi connectivity index (χ1) is 27.2. The Kier molecular flexibility index (Phi) is 19.5. The van der Waals surface area contributed by atoms with E-state index in [1.165, 1.54) is 6.39 Å². The molecule has 0 fully saturated rings. The van der Waals surface area contributed by atoms with Gasteiger partial charge in [0.15, 0.2) is 23.3 Å². The van der Waals surface area contributed by atoms with Gasteiger partial charge in [-0.3, -0.25) is 19.4 Å². The maximum atomic E-state index is 12.9. The van der Waals surface area contributed by atoms with E-state index < -0.39 is 11.9 Å². The van der Waals surface area contributed by atoms with Crippen LogP contribution in [0.5, 0.6) is 5.75 Å². The number of Topliss-reactive ketones (excluding diaryl/α,β-unsaturated/α-hetero) is 1. The number of carboxylic acids is 1. The predicted octanol–water partition coefficient (Wildman–Crippen LogP) is 6.74. The van der Waals surface area contributed by atoms with E-state index in [-0.39, 0.29) is 31.1 Å². The Hall–Kier alpha value is -4.69. The van der Waals surface area contributed by atoms with E-state index in [2.05, 4.69) is 29.1 Å². The normalized spacial score (nSPS) is 11.9. The Morgan fingerprint density at radius 2 is 1.48 bits per heavy atom. The van der Waals surface area contributed by atoms with Crippen molar-refractivity contribution in [3.63, 3.8) is 0 Å². The number of hydrogen-bond donors (Lipinski definition) is 2. The number of pyridine rings is 1. The summed E-state index contributed by atoms with van der Waals surface area (Å²) in [7, 11) is 0. The smallest absolute Gasteiger partial charge is 0.303 e. The molecular formula is C43H57N3O10. The van der Waals surface area contributed by atoms with E-state index in [0.717, 1.165) is 48.3 Å². The number of oxazole rings is 1. The molecule has 0 aliphatic rings. The van der Waals surface area contributed by atoms with E-state index in [0.29, 0.717) is 94.0 Å². The van der Waals surface area contributed by atoms with Gasteiger partial charge < -0.3 is 38.5 Å². The Morgan fingerprint density at radius 1 is 0.804 bits per heavy atom. The van der Waals surface area contributed by atoms with Gasteiger partial charge in [-0.2, -0.15) is 0 Å². The molecule has 0 aliphatic carbocycles. The summed E-state index contributed by atoms with van der Waals surface area (Å²) < 4.78 is 33.9. The largest absolute Gasteiger partial charge is 0.489 e. The Bertz CT molecular complexity index is 1780. The van der Waals surface area contributed by atoms with Gasteiger partial charge in [-0.15, -0.1) is 0 Å². The number of fused-ring (bicyclic) bond motifs is 1. The number of aryl methyl sites for hydroxylation is 2. The minimum Gasteiger partial charge on any atom is -0.489 e. The van der Waals surface area contributed by atoms with Gasteiger partial charge in [0.25, 0.3) is 0 Å². The highest BCUT2D eigenvalue weighted by atomic mass is 16.6. The lowest BCUT2D eigenvalue weighted by molar-refractivity contribution is -0.137. The molecule has 2 aromatic heterocycles. The van der Waals surface area contributed by atoms with Crippen LogP contribution in [0.1, 0.15) is 75.1 Å². The number of nitrogens with zero attached hydrogens (tertiary/aromatic N) is 2. The monoisotopic (exact) mass is 775 g/mol. The molecule has 0 radical (unpaired) electrons. The molecule has 0 unspecified atom stereocenters. The van der Waals surface area contributed by atoms with Gasteiger partial charge in [-0.05, 0) is 79.5 Å². The second-order valence-corrected chi connectivity index (χ2v) is 14.1. The molecule has 2 aromatic carbocycles. The number of ketones is 1. The third kappa shape index (κ3) is 16.2. The number of nitrogens with one attached hydrogen (secondary N) is 1. The quantitative estimate of drug-likeness (QED) is 0.0559. The molecule has 0 bridgehead atoms. The first-order valence-corrected chi connectivity index (χ1v) is 19.5. The first kappa shape index (κ1) is 44.0. The van der Waals surface area contributed by atoms with Gasteiger partial charge in [0.1, 0.15) is 12.4 Å². The van der Waals surface area contributed by atoms with Gasteiger partial charge >= 0.3 is 5.97 Å². The number of amides is 1.